The average Bonchev–Trinajstić information content (AvgIpc) is 3.36. The highest BCUT2D eigenvalue weighted by Gasteiger charge is 2.19. The van der Waals surface area contributed by atoms with Gasteiger partial charge in [-0.3, -0.25) is 15.0 Å². The van der Waals surface area contributed by atoms with E-state index in [1.807, 2.05) is 17.9 Å². The van der Waals surface area contributed by atoms with Crippen molar-refractivity contribution < 1.29 is 14.0 Å². The van der Waals surface area contributed by atoms with Crippen LogP contribution in [0.2, 0.25) is 0 Å². The van der Waals surface area contributed by atoms with E-state index in [-0.39, 0.29) is 16.6 Å². The summed E-state index contributed by atoms with van der Waals surface area (Å²) in [5, 5.41) is 10.6. The van der Waals surface area contributed by atoms with Crippen LogP contribution in [0.5, 0.6) is 0 Å². The van der Waals surface area contributed by atoms with Gasteiger partial charge in [0.15, 0.2) is 0 Å². The second-order valence-electron chi connectivity index (χ2n) is 6.54. The van der Waals surface area contributed by atoms with Gasteiger partial charge in [-0.25, -0.2) is 4.39 Å². The molecule has 1 aromatic carbocycles. The quantitative estimate of drug-likeness (QED) is 0.423. The Morgan fingerprint density at radius 2 is 2.00 bits per heavy atom. The third-order valence-corrected chi connectivity index (χ3v) is 6.36. The molecule has 2 N–H and O–H groups in total. The van der Waals surface area contributed by atoms with Crippen LogP contribution < -0.4 is 5.32 Å². The predicted octanol–water partition coefficient (Wildman–Crippen LogP) is 3.92. The number of likely N-dealkylation sites (tertiary alicyclic amines) is 1. The van der Waals surface area contributed by atoms with Crippen LogP contribution in [0.25, 0.3) is 0 Å². The lowest BCUT2D eigenvalue weighted by atomic mass is 10.1. The molecule has 0 atom stereocenters. The molecule has 1 aliphatic heterocycles. The fourth-order valence-electron chi connectivity index (χ4n) is 2.98. The molecule has 2 aromatic rings. The lowest BCUT2D eigenvalue weighted by molar-refractivity contribution is 0.0959. The second kappa shape index (κ2) is 9.34. The molecule has 5 nitrogen and oxygen atoms in total. The van der Waals surface area contributed by atoms with Crippen molar-refractivity contribution in [3.05, 3.63) is 57.0 Å². The van der Waals surface area contributed by atoms with Gasteiger partial charge in [0.25, 0.3) is 5.91 Å². The number of nitrogens with zero attached hydrogens (tertiary/aromatic N) is 1. The zero-order valence-electron chi connectivity index (χ0n) is 15.6. The lowest BCUT2D eigenvalue weighted by Crippen LogP contribution is -2.27. The Morgan fingerprint density at radius 1 is 1.25 bits per heavy atom. The summed E-state index contributed by atoms with van der Waals surface area (Å²) in [6, 6.07) is 7.98. The predicted molar refractivity (Wildman–Crippen MR) is 112 cm³/mol. The van der Waals surface area contributed by atoms with Gasteiger partial charge in [-0.1, -0.05) is 17.8 Å². The third-order valence-electron chi connectivity index (χ3n) is 4.47. The second-order valence-corrected chi connectivity index (χ2v) is 8.90. The topological polar surface area (TPSA) is 73.3 Å². The van der Waals surface area contributed by atoms with E-state index in [0.29, 0.717) is 28.6 Å². The summed E-state index contributed by atoms with van der Waals surface area (Å²) in [5.74, 6) is -0.117. The van der Waals surface area contributed by atoms with Gasteiger partial charge < -0.3 is 10.2 Å². The standard InChI is InChI=1S/C20H22FN3O2S2/c1-13-4-7-17(28-13)19(25)23-8-11-27-20(26)15-6-5-14(12-16(15)21)18(22)24-9-2-3-10-24/h4-7,12,22H,2-3,8-11H2,1H3,(H,23,25). The van der Waals surface area contributed by atoms with Crippen molar-refractivity contribution in [3.63, 3.8) is 0 Å². The third kappa shape index (κ3) is 4.99. The summed E-state index contributed by atoms with van der Waals surface area (Å²) >= 11 is 2.39. The number of aryl methyl sites for hydroxylation is 1. The van der Waals surface area contributed by atoms with Crippen molar-refractivity contribution in [3.8, 4) is 0 Å². The first-order valence-electron chi connectivity index (χ1n) is 9.11. The Hall–Kier alpha value is -2.19. The molecule has 1 saturated heterocycles. The fourth-order valence-corrected chi connectivity index (χ4v) is 4.48. The average molecular weight is 420 g/mol. The molecular weight excluding hydrogens is 397 g/mol. The maximum Gasteiger partial charge on any atom is 0.261 e. The smallest absolute Gasteiger partial charge is 0.261 e. The minimum Gasteiger partial charge on any atom is -0.357 e. The number of carbonyl (C=O) groups excluding carboxylic acids is 2. The first kappa shape index (κ1) is 20.5. The maximum atomic E-state index is 14.4. The summed E-state index contributed by atoms with van der Waals surface area (Å²) in [7, 11) is 0. The minimum atomic E-state index is -0.614. The van der Waals surface area contributed by atoms with Gasteiger partial charge in [-0.15, -0.1) is 11.3 Å². The van der Waals surface area contributed by atoms with E-state index in [0.717, 1.165) is 42.6 Å². The molecular formula is C20H22FN3O2S2. The molecule has 8 heteroatoms. The van der Waals surface area contributed by atoms with Crippen molar-refractivity contribution in [2.45, 2.75) is 19.8 Å². The largest absolute Gasteiger partial charge is 0.357 e. The number of thioether (sulfide) groups is 1. The van der Waals surface area contributed by atoms with Crippen molar-refractivity contribution in [2.24, 2.45) is 0 Å². The summed E-state index contributed by atoms with van der Waals surface area (Å²) in [6.45, 7) is 3.88. The van der Waals surface area contributed by atoms with Gasteiger partial charge >= 0.3 is 0 Å². The van der Waals surface area contributed by atoms with E-state index >= 15 is 0 Å². The van der Waals surface area contributed by atoms with Gasteiger partial charge in [0, 0.05) is 35.8 Å². The van der Waals surface area contributed by atoms with Crippen molar-refractivity contribution >= 4 is 40.0 Å². The zero-order valence-corrected chi connectivity index (χ0v) is 17.2. The first-order chi connectivity index (χ1) is 13.5. The highest BCUT2D eigenvalue weighted by atomic mass is 32.2. The summed E-state index contributed by atoms with van der Waals surface area (Å²) in [5.41, 5.74) is 0.489. The molecule has 0 radical (unpaired) electrons. The Kier molecular flexibility index (Phi) is 6.85. The highest BCUT2D eigenvalue weighted by molar-refractivity contribution is 8.14. The van der Waals surface area contributed by atoms with Gasteiger partial charge in [0.1, 0.15) is 11.7 Å². The number of benzene rings is 1. The van der Waals surface area contributed by atoms with Gasteiger partial charge in [-0.05, 0) is 44.0 Å². The van der Waals surface area contributed by atoms with Crippen molar-refractivity contribution in [1.29, 1.82) is 5.41 Å². The number of amidine groups is 1. The number of rotatable bonds is 6. The molecule has 0 unspecified atom stereocenters. The number of nitrogens with one attached hydrogen (secondary N) is 2. The molecule has 3 rings (SSSR count). The lowest BCUT2D eigenvalue weighted by Gasteiger charge is -2.18. The van der Waals surface area contributed by atoms with Crippen LogP contribution in [0.3, 0.4) is 0 Å². The molecule has 1 aliphatic rings. The molecule has 1 amide bonds. The van der Waals surface area contributed by atoms with Gasteiger partial charge in [0.2, 0.25) is 5.12 Å². The van der Waals surface area contributed by atoms with E-state index in [1.54, 1.807) is 12.1 Å². The molecule has 0 saturated carbocycles. The molecule has 1 aromatic heterocycles. The molecule has 0 spiro atoms. The minimum absolute atomic E-state index is 0.00294. The number of hydrogen-bond acceptors (Lipinski definition) is 5. The van der Waals surface area contributed by atoms with E-state index in [9.17, 15) is 14.0 Å². The monoisotopic (exact) mass is 419 g/mol. The maximum absolute atomic E-state index is 14.4. The molecule has 1 fully saturated rings. The molecule has 0 bridgehead atoms. The Labute approximate surface area is 171 Å². The normalized spacial score (nSPS) is 13.6. The number of hydrogen-bond donors (Lipinski definition) is 2. The summed E-state index contributed by atoms with van der Waals surface area (Å²) < 4.78 is 14.4. The van der Waals surface area contributed by atoms with Crippen LogP contribution >= 0.6 is 23.1 Å². The van der Waals surface area contributed by atoms with Crippen LogP contribution in [0.4, 0.5) is 4.39 Å². The van der Waals surface area contributed by atoms with Crippen LogP contribution in [-0.4, -0.2) is 47.1 Å². The molecule has 2 heterocycles. The molecule has 0 aliphatic carbocycles. The van der Waals surface area contributed by atoms with Crippen LogP contribution in [-0.2, 0) is 0 Å². The number of halogens is 1. The highest BCUT2D eigenvalue weighted by Crippen LogP contribution is 2.20. The van der Waals surface area contributed by atoms with E-state index in [2.05, 4.69) is 5.32 Å². The zero-order chi connectivity index (χ0) is 20.1. The number of thiophene rings is 1. The van der Waals surface area contributed by atoms with Crippen molar-refractivity contribution in [1.82, 2.24) is 10.2 Å². The summed E-state index contributed by atoms with van der Waals surface area (Å²) in [6.07, 6.45) is 2.08. The van der Waals surface area contributed by atoms with E-state index in [4.69, 9.17) is 5.41 Å². The fraction of sp³-hybridized carbons (Fsp3) is 0.350. The van der Waals surface area contributed by atoms with Crippen LogP contribution in [0.1, 0.15) is 43.3 Å². The van der Waals surface area contributed by atoms with Crippen LogP contribution in [0, 0.1) is 18.2 Å². The van der Waals surface area contributed by atoms with E-state index < -0.39 is 5.82 Å². The Balaban J connectivity index is 1.50. The summed E-state index contributed by atoms with van der Waals surface area (Å²) in [4.78, 5) is 27.8. The molecule has 148 valence electrons. The Bertz CT molecular complexity index is 891. The van der Waals surface area contributed by atoms with Crippen LogP contribution in [0.15, 0.2) is 30.3 Å². The van der Waals surface area contributed by atoms with Crippen molar-refractivity contribution in [2.75, 3.05) is 25.4 Å². The SMILES string of the molecule is Cc1ccc(C(=O)NCCSC(=O)c2ccc(C(=N)N3CCCC3)cc2F)s1. The number of amides is 1. The first-order valence-corrected chi connectivity index (χ1v) is 10.9. The number of carbonyl (C=O) groups is 2. The van der Waals surface area contributed by atoms with Gasteiger partial charge in [-0.2, -0.15) is 0 Å². The Morgan fingerprint density at radius 3 is 2.64 bits per heavy atom. The van der Waals surface area contributed by atoms with Gasteiger partial charge in [0.05, 0.1) is 10.4 Å². The van der Waals surface area contributed by atoms with E-state index in [1.165, 1.54) is 23.5 Å². The molecule has 28 heavy (non-hydrogen) atoms.